The summed E-state index contributed by atoms with van der Waals surface area (Å²) in [5.74, 6) is 2.74. The summed E-state index contributed by atoms with van der Waals surface area (Å²) in [4.78, 5) is 0. The second kappa shape index (κ2) is 8.32. The quantitative estimate of drug-likeness (QED) is 0.466. The lowest BCUT2D eigenvalue weighted by atomic mass is 9.86. The molecule has 0 saturated heterocycles. The molecule has 0 fully saturated rings. The molecule has 0 aliphatic heterocycles. The molecule has 0 amide bonds. The van der Waals surface area contributed by atoms with E-state index >= 15 is 0 Å². The SMILES string of the molecule is CCCCCC(CC(C)C)CC(C)C. The van der Waals surface area contributed by atoms with Crippen LogP contribution in [-0.4, -0.2) is 0 Å². The van der Waals surface area contributed by atoms with E-state index < -0.39 is 0 Å². The van der Waals surface area contributed by atoms with Crippen molar-refractivity contribution in [1.29, 1.82) is 0 Å². The van der Waals surface area contributed by atoms with E-state index in [1.165, 1.54) is 38.5 Å². The van der Waals surface area contributed by atoms with Crippen LogP contribution in [0.4, 0.5) is 0 Å². The van der Waals surface area contributed by atoms with Gasteiger partial charge in [0.1, 0.15) is 0 Å². The molecule has 0 radical (unpaired) electrons. The standard InChI is InChI=1S/C14H30/c1-6-7-8-9-14(10-12(2)3)11-13(4)5/h12-14H,6-11H2,1-5H3. The van der Waals surface area contributed by atoms with E-state index in [1.807, 2.05) is 0 Å². The van der Waals surface area contributed by atoms with Gasteiger partial charge in [0.2, 0.25) is 0 Å². The first-order chi connectivity index (χ1) is 6.56. The average Bonchev–Trinajstić information content (AvgIpc) is 2.02. The summed E-state index contributed by atoms with van der Waals surface area (Å²) < 4.78 is 0. The Bertz CT molecular complexity index is 103. The molecule has 0 spiro atoms. The minimum absolute atomic E-state index is 0.875. The van der Waals surface area contributed by atoms with Gasteiger partial charge in [-0.05, 0) is 30.6 Å². The monoisotopic (exact) mass is 198 g/mol. The van der Waals surface area contributed by atoms with Crippen molar-refractivity contribution in [3.05, 3.63) is 0 Å². The first kappa shape index (κ1) is 14.0. The second-order valence-corrected chi connectivity index (χ2v) is 5.62. The largest absolute Gasteiger partial charge is 0.0654 e. The van der Waals surface area contributed by atoms with Crippen LogP contribution in [0.1, 0.15) is 73.1 Å². The molecule has 0 heterocycles. The van der Waals surface area contributed by atoms with Gasteiger partial charge in [-0.25, -0.2) is 0 Å². The molecule has 0 N–H and O–H groups in total. The van der Waals surface area contributed by atoms with Gasteiger partial charge in [0.15, 0.2) is 0 Å². The van der Waals surface area contributed by atoms with Crippen molar-refractivity contribution < 1.29 is 0 Å². The fourth-order valence-electron chi connectivity index (χ4n) is 2.35. The molecule has 0 atom stereocenters. The minimum Gasteiger partial charge on any atom is -0.0654 e. The van der Waals surface area contributed by atoms with E-state index in [2.05, 4.69) is 34.6 Å². The predicted molar refractivity (Wildman–Crippen MR) is 66.5 cm³/mol. The molecule has 86 valence electrons. The van der Waals surface area contributed by atoms with Crippen LogP contribution in [-0.2, 0) is 0 Å². The molecule has 0 saturated carbocycles. The summed E-state index contributed by atoms with van der Waals surface area (Å²) in [6, 6.07) is 0. The molecule has 0 bridgehead atoms. The molecule has 0 aliphatic carbocycles. The Morgan fingerprint density at radius 2 is 1.29 bits per heavy atom. The Balaban J connectivity index is 3.72. The van der Waals surface area contributed by atoms with Crippen LogP contribution in [0.15, 0.2) is 0 Å². The van der Waals surface area contributed by atoms with E-state index in [0.29, 0.717) is 0 Å². The number of hydrogen-bond acceptors (Lipinski definition) is 0. The maximum absolute atomic E-state index is 2.35. The van der Waals surface area contributed by atoms with Gasteiger partial charge in [-0.15, -0.1) is 0 Å². The number of hydrogen-bond donors (Lipinski definition) is 0. The summed E-state index contributed by atoms with van der Waals surface area (Å²) in [5, 5.41) is 0. The Morgan fingerprint density at radius 1 is 0.786 bits per heavy atom. The maximum atomic E-state index is 2.35. The highest BCUT2D eigenvalue weighted by Crippen LogP contribution is 2.25. The van der Waals surface area contributed by atoms with Gasteiger partial charge >= 0.3 is 0 Å². The van der Waals surface area contributed by atoms with Crippen molar-refractivity contribution in [2.75, 3.05) is 0 Å². The van der Waals surface area contributed by atoms with Crippen LogP contribution in [0.5, 0.6) is 0 Å². The molecular formula is C14H30. The minimum atomic E-state index is 0.875. The average molecular weight is 198 g/mol. The van der Waals surface area contributed by atoms with Crippen molar-refractivity contribution in [2.45, 2.75) is 73.1 Å². The maximum Gasteiger partial charge on any atom is -0.0409 e. The zero-order chi connectivity index (χ0) is 11.0. The highest BCUT2D eigenvalue weighted by Gasteiger charge is 2.12. The number of rotatable bonds is 8. The zero-order valence-corrected chi connectivity index (χ0v) is 11.0. The molecule has 0 nitrogen and oxygen atoms in total. The highest BCUT2D eigenvalue weighted by molar-refractivity contribution is 4.64. The summed E-state index contributed by atoms with van der Waals surface area (Å²) in [6.45, 7) is 11.7. The zero-order valence-electron chi connectivity index (χ0n) is 11.0. The Kier molecular flexibility index (Phi) is 8.32. The van der Waals surface area contributed by atoms with E-state index in [-0.39, 0.29) is 0 Å². The van der Waals surface area contributed by atoms with Crippen molar-refractivity contribution >= 4 is 0 Å². The number of unbranched alkanes of at least 4 members (excludes halogenated alkanes) is 2. The van der Waals surface area contributed by atoms with Crippen molar-refractivity contribution in [3.63, 3.8) is 0 Å². The molecule has 0 aromatic heterocycles. The normalized spacial score (nSPS) is 12.0. The summed E-state index contributed by atoms with van der Waals surface area (Å²) in [7, 11) is 0. The van der Waals surface area contributed by atoms with Crippen LogP contribution in [0.2, 0.25) is 0 Å². The van der Waals surface area contributed by atoms with Crippen LogP contribution >= 0.6 is 0 Å². The lowest BCUT2D eigenvalue weighted by Crippen LogP contribution is -2.08. The summed E-state index contributed by atoms with van der Waals surface area (Å²) in [5.41, 5.74) is 0. The van der Waals surface area contributed by atoms with Crippen LogP contribution in [0.3, 0.4) is 0 Å². The molecule has 0 heteroatoms. The Labute approximate surface area is 91.5 Å². The van der Waals surface area contributed by atoms with Crippen molar-refractivity contribution in [2.24, 2.45) is 17.8 Å². The highest BCUT2D eigenvalue weighted by atomic mass is 14.2. The fraction of sp³-hybridized carbons (Fsp3) is 1.00. The van der Waals surface area contributed by atoms with Crippen LogP contribution in [0, 0.1) is 17.8 Å². The van der Waals surface area contributed by atoms with Gasteiger partial charge < -0.3 is 0 Å². The van der Waals surface area contributed by atoms with E-state index in [0.717, 1.165) is 17.8 Å². The van der Waals surface area contributed by atoms with Gasteiger partial charge in [-0.2, -0.15) is 0 Å². The third-order valence-corrected chi connectivity index (χ3v) is 2.83. The molecule has 0 aliphatic rings. The van der Waals surface area contributed by atoms with Gasteiger partial charge in [0, 0.05) is 0 Å². The summed E-state index contributed by atoms with van der Waals surface area (Å²) >= 11 is 0. The third-order valence-electron chi connectivity index (χ3n) is 2.83. The molecule has 14 heavy (non-hydrogen) atoms. The molecule has 0 aromatic rings. The van der Waals surface area contributed by atoms with E-state index in [4.69, 9.17) is 0 Å². The van der Waals surface area contributed by atoms with Gasteiger partial charge in [-0.1, -0.05) is 60.3 Å². The smallest absolute Gasteiger partial charge is 0.0409 e. The van der Waals surface area contributed by atoms with E-state index in [9.17, 15) is 0 Å². The van der Waals surface area contributed by atoms with Gasteiger partial charge in [0.25, 0.3) is 0 Å². The van der Waals surface area contributed by atoms with Crippen LogP contribution < -0.4 is 0 Å². The first-order valence-corrected chi connectivity index (χ1v) is 6.56. The van der Waals surface area contributed by atoms with Crippen molar-refractivity contribution in [1.82, 2.24) is 0 Å². The molecule has 0 aromatic carbocycles. The molecular weight excluding hydrogens is 168 g/mol. The van der Waals surface area contributed by atoms with Gasteiger partial charge in [-0.3, -0.25) is 0 Å². The second-order valence-electron chi connectivity index (χ2n) is 5.62. The van der Waals surface area contributed by atoms with Crippen molar-refractivity contribution in [3.8, 4) is 0 Å². The fourth-order valence-corrected chi connectivity index (χ4v) is 2.35. The topological polar surface area (TPSA) is 0 Å². The first-order valence-electron chi connectivity index (χ1n) is 6.56. The van der Waals surface area contributed by atoms with E-state index in [1.54, 1.807) is 0 Å². The predicted octanol–water partition coefficient (Wildman–Crippen LogP) is 5.28. The Morgan fingerprint density at radius 3 is 1.64 bits per heavy atom. The van der Waals surface area contributed by atoms with Gasteiger partial charge in [0.05, 0.1) is 0 Å². The third kappa shape index (κ3) is 8.59. The van der Waals surface area contributed by atoms with Crippen LogP contribution in [0.25, 0.3) is 0 Å². The lowest BCUT2D eigenvalue weighted by molar-refractivity contribution is 0.316. The molecule has 0 unspecified atom stereocenters. The lowest BCUT2D eigenvalue weighted by Gasteiger charge is -2.20. The Hall–Kier alpha value is 0. The molecule has 0 rings (SSSR count). The summed E-state index contributed by atoms with van der Waals surface area (Å²) in [6.07, 6.45) is 8.55.